The quantitative estimate of drug-likeness (QED) is 0.474. The summed E-state index contributed by atoms with van der Waals surface area (Å²) in [5.74, 6) is 0.711. The average Bonchev–Trinajstić information content (AvgIpc) is 2.24. The Kier molecular flexibility index (Phi) is 9.40. The van der Waals surface area contributed by atoms with Crippen molar-refractivity contribution < 1.29 is 9.53 Å². The summed E-state index contributed by atoms with van der Waals surface area (Å²) in [7, 11) is 0. The lowest BCUT2D eigenvalue weighted by Gasteiger charge is -2.10. The molecule has 0 spiro atoms. The zero-order valence-corrected chi connectivity index (χ0v) is 10.3. The van der Waals surface area contributed by atoms with Crippen molar-refractivity contribution in [3.8, 4) is 6.07 Å². The molecule has 0 aliphatic rings. The first kappa shape index (κ1) is 14.3. The zero-order chi connectivity index (χ0) is 11.5. The SMILES string of the molecule is CCCCOC(=O)C(C)SCCCC#N. The van der Waals surface area contributed by atoms with E-state index < -0.39 is 0 Å². The molecule has 0 aliphatic heterocycles. The smallest absolute Gasteiger partial charge is 0.318 e. The maximum Gasteiger partial charge on any atom is 0.318 e. The Morgan fingerprint density at radius 3 is 2.87 bits per heavy atom. The predicted molar refractivity (Wildman–Crippen MR) is 62.6 cm³/mol. The van der Waals surface area contributed by atoms with Crippen LogP contribution in [0.2, 0.25) is 0 Å². The van der Waals surface area contributed by atoms with Crippen molar-refractivity contribution in [2.75, 3.05) is 12.4 Å². The van der Waals surface area contributed by atoms with Crippen LogP contribution in [0.1, 0.15) is 39.5 Å². The fourth-order valence-electron chi connectivity index (χ4n) is 0.914. The van der Waals surface area contributed by atoms with E-state index in [2.05, 4.69) is 13.0 Å². The van der Waals surface area contributed by atoms with Crippen LogP contribution < -0.4 is 0 Å². The number of hydrogen-bond donors (Lipinski definition) is 0. The highest BCUT2D eigenvalue weighted by atomic mass is 32.2. The Hall–Kier alpha value is -0.690. The molecular weight excluding hydrogens is 210 g/mol. The van der Waals surface area contributed by atoms with E-state index in [9.17, 15) is 4.79 Å². The minimum atomic E-state index is -0.134. The molecule has 0 N–H and O–H groups in total. The Morgan fingerprint density at radius 1 is 1.53 bits per heavy atom. The fourth-order valence-corrected chi connectivity index (χ4v) is 1.78. The van der Waals surface area contributed by atoms with Crippen LogP contribution in [0.3, 0.4) is 0 Å². The first-order valence-electron chi connectivity index (χ1n) is 5.37. The Balaban J connectivity index is 3.47. The number of nitrogens with zero attached hydrogens (tertiary/aromatic N) is 1. The monoisotopic (exact) mass is 229 g/mol. The van der Waals surface area contributed by atoms with Crippen molar-refractivity contribution >= 4 is 17.7 Å². The van der Waals surface area contributed by atoms with Crippen molar-refractivity contribution in [1.82, 2.24) is 0 Å². The van der Waals surface area contributed by atoms with Crippen molar-refractivity contribution in [2.45, 2.75) is 44.8 Å². The van der Waals surface area contributed by atoms with Crippen LogP contribution in [-0.2, 0) is 9.53 Å². The second-order valence-electron chi connectivity index (χ2n) is 3.30. The maximum absolute atomic E-state index is 11.4. The molecule has 3 nitrogen and oxygen atoms in total. The molecule has 4 heteroatoms. The second kappa shape index (κ2) is 9.85. The van der Waals surface area contributed by atoms with Gasteiger partial charge in [0, 0.05) is 6.42 Å². The van der Waals surface area contributed by atoms with Crippen molar-refractivity contribution in [3.05, 3.63) is 0 Å². The summed E-state index contributed by atoms with van der Waals surface area (Å²) >= 11 is 1.56. The number of hydrogen-bond acceptors (Lipinski definition) is 4. The number of unbranched alkanes of at least 4 members (excludes halogenated alkanes) is 2. The molecule has 15 heavy (non-hydrogen) atoms. The Morgan fingerprint density at radius 2 is 2.27 bits per heavy atom. The first-order valence-corrected chi connectivity index (χ1v) is 6.42. The van der Waals surface area contributed by atoms with Gasteiger partial charge in [0.1, 0.15) is 0 Å². The van der Waals surface area contributed by atoms with E-state index in [0.717, 1.165) is 25.0 Å². The lowest BCUT2D eigenvalue weighted by Crippen LogP contribution is -2.18. The van der Waals surface area contributed by atoms with Crippen LogP contribution in [0, 0.1) is 11.3 Å². The van der Waals surface area contributed by atoms with Gasteiger partial charge in [0.15, 0.2) is 0 Å². The molecule has 0 saturated heterocycles. The molecule has 0 radical (unpaired) electrons. The molecule has 86 valence electrons. The lowest BCUT2D eigenvalue weighted by atomic mass is 10.4. The highest BCUT2D eigenvalue weighted by molar-refractivity contribution is 8.00. The first-order chi connectivity index (χ1) is 7.22. The van der Waals surface area contributed by atoms with Gasteiger partial charge >= 0.3 is 5.97 Å². The third-order valence-corrected chi connectivity index (χ3v) is 3.09. The Bertz CT molecular complexity index is 213. The van der Waals surface area contributed by atoms with E-state index >= 15 is 0 Å². The van der Waals surface area contributed by atoms with E-state index in [1.165, 1.54) is 0 Å². The summed E-state index contributed by atoms with van der Waals surface area (Å²) in [6.07, 6.45) is 3.37. The molecule has 1 unspecified atom stereocenters. The topological polar surface area (TPSA) is 50.1 Å². The number of carbonyl (C=O) groups excluding carboxylic acids is 1. The van der Waals surface area contributed by atoms with Gasteiger partial charge in [0.05, 0.1) is 17.9 Å². The lowest BCUT2D eigenvalue weighted by molar-refractivity contribution is -0.142. The standard InChI is InChI=1S/C11H19NO2S/c1-3-4-8-14-11(13)10(2)15-9-6-5-7-12/h10H,3-6,8-9H2,1-2H3. The van der Waals surface area contributed by atoms with Gasteiger partial charge < -0.3 is 4.74 Å². The van der Waals surface area contributed by atoms with Gasteiger partial charge in [-0.15, -0.1) is 11.8 Å². The zero-order valence-electron chi connectivity index (χ0n) is 9.49. The number of thioether (sulfide) groups is 1. The molecule has 0 aromatic carbocycles. The van der Waals surface area contributed by atoms with Gasteiger partial charge in [-0.1, -0.05) is 13.3 Å². The van der Waals surface area contributed by atoms with Crippen LogP contribution in [0.15, 0.2) is 0 Å². The van der Waals surface area contributed by atoms with Crippen LogP contribution in [0.25, 0.3) is 0 Å². The molecule has 0 aliphatic carbocycles. The second-order valence-corrected chi connectivity index (χ2v) is 4.74. The number of ether oxygens (including phenoxy) is 1. The van der Waals surface area contributed by atoms with Gasteiger partial charge in [0.25, 0.3) is 0 Å². The maximum atomic E-state index is 11.4. The van der Waals surface area contributed by atoms with Crippen LogP contribution in [0.5, 0.6) is 0 Å². The van der Waals surface area contributed by atoms with Crippen LogP contribution >= 0.6 is 11.8 Å². The van der Waals surface area contributed by atoms with Crippen LogP contribution in [0.4, 0.5) is 0 Å². The van der Waals surface area contributed by atoms with E-state index in [1.807, 2.05) is 6.92 Å². The summed E-state index contributed by atoms with van der Waals surface area (Å²) in [6, 6.07) is 2.08. The summed E-state index contributed by atoms with van der Waals surface area (Å²) in [5.41, 5.74) is 0. The summed E-state index contributed by atoms with van der Waals surface area (Å²) in [5, 5.41) is 8.22. The molecule has 1 atom stereocenters. The van der Waals surface area contributed by atoms with Crippen molar-refractivity contribution in [1.29, 1.82) is 5.26 Å². The molecule has 0 aromatic heterocycles. The average molecular weight is 229 g/mol. The third-order valence-electron chi connectivity index (χ3n) is 1.87. The van der Waals surface area contributed by atoms with E-state index in [0.29, 0.717) is 13.0 Å². The van der Waals surface area contributed by atoms with Gasteiger partial charge in [-0.3, -0.25) is 4.79 Å². The summed E-state index contributed by atoms with van der Waals surface area (Å²) in [6.45, 7) is 4.44. The fraction of sp³-hybridized carbons (Fsp3) is 0.818. The van der Waals surface area contributed by atoms with E-state index in [-0.39, 0.29) is 11.2 Å². The number of esters is 1. The molecule has 0 fully saturated rings. The number of nitriles is 1. The summed E-state index contributed by atoms with van der Waals surface area (Å²) in [4.78, 5) is 11.4. The van der Waals surface area contributed by atoms with E-state index in [1.54, 1.807) is 11.8 Å². The highest BCUT2D eigenvalue weighted by Gasteiger charge is 2.13. The van der Waals surface area contributed by atoms with E-state index in [4.69, 9.17) is 10.00 Å². The molecule has 0 saturated carbocycles. The molecule has 0 bridgehead atoms. The van der Waals surface area contributed by atoms with Crippen molar-refractivity contribution in [3.63, 3.8) is 0 Å². The molecule has 0 rings (SSSR count). The predicted octanol–water partition coefficient (Wildman–Crippen LogP) is 2.76. The molecule has 0 aromatic rings. The number of rotatable bonds is 8. The van der Waals surface area contributed by atoms with Gasteiger partial charge in [-0.25, -0.2) is 0 Å². The minimum Gasteiger partial charge on any atom is -0.465 e. The molecular formula is C11H19NO2S. The highest BCUT2D eigenvalue weighted by Crippen LogP contribution is 2.14. The molecule has 0 heterocycles. The third kappa shape index (κ3) is 8.31. The van der Waals surface area contributed by atoms with Gasteiger partial charge in [-0.2, -0.15) is 5.26 Å². The van der Waals surface area contributed by atoms with Crippen LogP contribution in [-0.4, -0.2) is 23.6 Å². The largest absolute Gasteiger partial charge is 0.465 e. The summed E-state index contributed by atoms with van der Waals surface area (Å²) < 4.78 is 5.08. The van der Waals surface area contributed by atoms with Crippen molar-refractivity contribution in [2.24, 2.45) is 0 Å². The number of carbonyl (C=O) groups is 1. The van der Waals surface area contributed by atoms with Gasteiger partial charge in [0.2, 0.25) is 0 Å². The minimum absolute atomic E-state index is 0.111. The molecule has 0 amide bonds. The van der Waals surface area contributed by atoms with Gasteiger partial charge in [-0.05, 0) is 25.5 Å². The Labute approximate surface area is 96.2 Å². The normalized spacial score (nSPS) is 11.8.